The fourth-order valence-electron chi connectivity index (χ4n) is 11.2. The second-order valence-corrected chi connectivity index (χ2v) is 29.0. The number of nitrogens with zero attached hydrogens (tertiary/aromatic N) is 1. The summed E-state index contributed by atoms with van der Waals surface area (Å²) in [7, 11) is 1.50. The number of phosphoric acid groups is 1. The van der Waals surface area contributed by atoms with Crippen molar-refractivity contribution >= 4 is 19.7 Å². The molecule has 0 aliphatic rings. The Morgan fingerprint density at radius 1 is 0.380 bits per heavy atom. The van der Waals surface area contributed by atoms with Gasteiger partial charge in [0.15, 0.2) is 0 Å². The third-order valence-electron chi connectivity index (χ3n) is 17.2. The summed E-state index contributed by atoms with van der Waals surface area (Å²) in [5, 5.41) is 3.08. The molecule has 0 aromatic heterocycles. The van der Waals surface area contributed by atoms with E-state index in [1.54, 1.807) is 0 Å². The van der Waals surface area contributed by atoms with E-state index in [4.69, 9.17) is 13.8 Å². The Bertz CT molecular complexity index is 1900. The molecule has 534 valence electrons. The number of carbonyl (C=O) groups is 2. The van der Waals surface area contributed by atoms with Crippen molar-refractivity contribution < 1.29 is 37.3 Å². The Morgan fingerprint density at radius 2 is 0.663 bits per heavy atom. The molecule has 0 aromatic carbocycles. The van der Waals surface area contributed by atoms with Crippen LogP contribution in [0.3, 0.4) is 0 Å². The second kappa shape index (κ2) is 70.7. The summed E-state index contributed by atoms with van der Waals surface area (Å²) >= 11 is 0. The summed E-state index contributed by atoms with van der Waals surface area (Å²) in [6.07, 6.45) is 97.2. The van der Waals surface area contributed by atoms with Gasteiger partial charge in [-0.1, -0.05) is 330 Å². The lowest BCUT2D eigenvalue weighted by molar-refractivity contribution is -0.870. The van der Waals surface area contributed by atoms with Gasteiger partial charge in [0.25, 0.3) is 0 Å². The van der Waals surface area contributed by atoms with Gasteiger partial charge >= 0.3 is 13.8 Å². The van der Waals surface area contributed by atoms with E-state index in [1.165, 1.54) is 238 Å². The molecule has 0 heterocycles. The van der Waals surface area contributed by atoms with Gasteiger partial charge in [-0.05, 0) is 115 Å². The van der Waals surface area contributed by atoms with Crippen molar-refractivity contribution in [3.63, 3.8) is 0 Å². The average molecular weight is 1310 g/mol. The lowest BCUT2D eigenvalue weighted by Crippen LogP contribution is -2.47. The van der Waals surface area contributed by atoms with E-state index < -0.39 is 20.0 Å². The summed E-state index contributed by atoms with van der Waals surface area (Å²) in [4.78, 5) is 38.0. The molecule has 0 bridgehead atoms. The Hall–Kier alpha value is -3.07. The molecule has 0 radical (unpaired) electrons. The molecular formula is C82H150N2O7P+. The van der Waals surface area contributed by atoms with E-state index in [1.807, 2.05) is 33.3 Å². The van der Waals surface area contributed by atoms with Crippen LogP contribution in [0, 0.1) is 0 Å². The molecule has 0 aliphatic carbocycles. The minimum absolute atomic E-state index is 0.0373. The summed E-state index contributed by atoms with van der Waals surface area (Å²) in [5.74, 6) is -0.500. The van der Waals surface area contributed by atoms with Crippen LogP contribution in [0.15, 0.2) is 97.2 Å². The number of hydrogen-bond acceptors (Lipinski definition) is 6. The monoisotopic (exact) mass is 1310 g/mol. The van der Waals surface area contributed by atoms with Gasteiger partial charge in [0, 0.05) is 12.8 Å². The molecule has 9 nitrogen and oxygen atoms in total. The standard InChI is InChI=1S/C82H149N2O7P/c1-7-10-13-16-19-22-25-28-30-32-34-36-38-40-42-44-46-48-50-52-54-56-59-62-65-68-71-74-81(85)83-79(78-90-92(87,88)89-77-76-84(4,5)6)80(73-70-67-64-61-58-27-24-21-18-15-12-9-3)91-82(86)75-72-69-66-63-60-57-55-53-51-49-47-45-43-41-39-37-35-33-31-29-26-23-20-17-14-11-8-2/h19-20,22-23,28-31,34-37,41,43,70,73,79-80H,7-18,21,24-27,32-33,38-40,42,44-69,71-72,74-78H2,1-6H3,(H-,83,85,87,88)/p+1/b22-19-,23-20-,30-28-,31-29-,36-34-,37-35-,43-41-,73-70+. The van der Waals surface area contributed by atoms with Crippen LogP contribution in [0.25, 0.3) is 0 Å². The number of nitrogens with one attached hydrogen (secondary N) is 1. The maximum atomic E-state index is 13.7. The van der Waals surface area contributed by atoms with Crippen molar-refractivity contribution in [3.8, 4) is 0 Å². The van der Waals surface area contributed by atoms with Crippen LogP contribution >= 0.6 is 7.82 Å². The Morgan fingerprint density at radius 3 is 1.01 bits per heavy atom. The molecule has 3 atom stereocenters. The maximum absolute atomic E-state index is 13.7. The van der Waals surface area contributed by atoms with Crippen LogP contribution in [0.4, 0.5) is 0 Å². The largest absolute Gasteiger partial charge is 0.472 e. The lowest BCUT2D eigenvalue weighted by Gasteiger charge is -2.27. The SMILES string of the molecule is CCCCC/C=C\C/C=C\C/C=C\C/C=C\CCCCCCCCCCCCCC(=O)OC(/C=C/CCCCCCCCCCCC)C(COP(=O)(O)OCC[N+](C)(C)C)NC(=O)CCCCCCCCCCCCCCCC/C=C\C/C=C\C/C=C\CCCCC. The van der Waals surface area contributed by atoms with Crippen molar-refractivity contribution in [2.24, 2.45) is 0 Å². The molecule has 0 aromatic rings. The number of esters is 1. The normalized spacial score (nSPS) is 13.9. The number of hydrogen-bond donors (Lipinski definition) is 2. The third kappa shape index (κ3) is 71.2. The maximum Gasteiger partial charge on any atom is 0.472 e. The predicted molar refractivity (Wildman–Crippen MR) is 401 cm³/mol. The molecule has 92 heavy (non-hydrogen) atoms. The fraction of sp³-hybridized carbons (Fsp3) is 0.780. The molecule has 0 spiro atoms. The third-order valence-corrected chi connectivity index (χ3v) is 18.2. The van der Waals surface area contributed by atoms with Gasteiger partial charge in [-0.3, -0.25) is 18.6 Å². The molecular weight excluding hydrogens is 1160 g/mol. The number of carbonyl (C=O) groups excluding carboxylic acids is 2. The van der Waals surface area contributed by atoms with E-state index in [-0.39, 0.29) is 31.5 Å². The van der Waals surface area contributed by atoms with E-state index in [0.29, 0.717) is 17.4 Å². The minimum atomic E-state index is -4.46. The van der Waals surface area contributed by atoms with E-state index in [2.05, 4.69) is 111 Å². The van der Waals surface area contributed by atoms with Crippen LogP contribution in [0.2, 0.25) is 0 Å². The first-order chi connectivity index (χ1) is 44.9. The minimum Gasteiger partial charge on any atom is -0.456 e. The molecule has 0 rings (SSSR count). The van der Waals surface area contributed by atoms with Gasteiger partial charge in [-0.15, -0.1) is 0 Å². The number of quaternary nitrogens is 1. The zero-order chi connectivity index (χ0) is 67.0. The van der Waals surface area contributed by atoms with Crippen LogP contribution in [-0.2, 0) is 27.9 Å². The molecule has 3 unspecified atom stereocenters. The highest BCUT2D eigenvalue weighted by molar-refractivity contribution is 7.47. The first-order valence-electron chi connectivity index (χ1n) is 39.1. The number of amides is 1. The first-order valence-corrected chi connectivity index (χ1v) is 40.6. The molecule has 10 heteroatoms. The number of likely N-dealkylation sites (N-methyl/N-ethyl adjacent to an activating group) is 1. The van der Waals surface area contributed by atoms with Crippen molar-refractivity contribution in [3.05, 3.63) is 97.2 Å². The smallest absolute Gasteiger partial charge is 0.456 e. The van der Waals surface area contributed by atoms with Gasteiger partial charge in [0.05, 0.1) is 33.8 Å². The van der Waals surface area contributed by atoms with Gasteiger partial charge in [-0.2, -0.15) is 0 Å². The lowest BCUT2D eigenvalue weighted by atomic mass is 10.0. The highest BCUT2D eigenvalue weighted by Crippen LogP contribution is 2.43. The van der Waals surface area contributed by atoms with Crippen LogP contribution in [0.1, 0.15) is 361 Å². The summed E-state index contributed by atoms with van der Waals surface area (Å²) in [6, 6.07) is -0.856. The predicted octanol–water partition coefficient (Wildman–Crippen LogP) is 25.4. The van der Waals surface area contributed by atoms with E-state index >= 15 is 0 Å². The highest BCUT2D eigenvalue weighted by Gasteiger charge is 2.30. The molecule has 1 amide bonds. The Labute approximate surface area is 570 Å². The van der Waals surface area contributed by atoms with Crippen LogP contribution in [0.5, 0.6) is 0 Å². The average Bonchev–Trinajstić information content (AvgIpc) is 3.72. The topological polar surface area (TPSA) is 111 Å². The van der Waals surface area contributed by atoms with E-state index in [0.717, 1.165) is 89.9 Å². The van der Waals surface area contributed by atoms with Crippen molar-refractivity contribution in [1.82, 2.24) is 5.32 Å². The first kappa shape index (κ1) is 88.9. The zero-order valence-corrected chi connectivity index (χ0v) is 62.2. The van der Waals surface area contributed by atoms with Crippen molar-refractivity contribution in [2.75, 3.05) is 40.9 Å². The molecule has 0 saturated carbocycles. The fourth-order valence-corrected chi connectivity index (χ4v) is 12.0. The number of phosphoric ester groups is 1. The molecule has 0 saturated heterocycles. The number of rotatable bonds is 71. The summed E-state index contributed by atoms with van der Waals surface area (Å²) in [5.41, 5.74) is 0. The van der Waals surface area contributed by atoms with Gasteiger partial charge in [0.1, 0.15) is 19.3 Å². The van der Waals surface area contributed by atoms with Gasteiger partial charge in [-0.25, -0.2) is 4.57 Å². The number of unbranched alkanes of at least 4 members (excludes halogenated alkanes) is 41. The van der Waals surface area contributed by atoms with E-state index in [9.17, 15) is 19.0 Å². The highest BCUT2D eigenvalue weighted by atomic mass is 31.2. The van der Waals surface area contributed by atoms with Gasteiger partial charge in [0.2, 0.25) is 5.91 Å². The van der Waals surface area contributed by atoms with Crippen LogP contribution < -0.4 is 5.32 Å². The Balaban J connectivity index is 4.96. The summed E-state index contributed by atoms with van der Waals surface area (Å²) < 4.78 is 30.9. The molecule has 0 aliphatic heterocycles. The molecule has 0 fully saturated rings. The van der Waals surface area contributed by atoms with Crippen molar-refractivity contribution in [2.45, 2.75) is 373 Å². The van der Waals surface area contributed by atoms with Gasteiger partial charge < -0.3 is 19.4 Å². The number of ether oxygens (including phenoxy) is 1. The molecule has 2 N–H and O–H groups in total. The quantitative estimate of drug-likeness (QED) is 0.0205. The van der Waals surface area contributed by atoms with Crippen LogP contribution in [-0.4, -0.2) is 74.3 Å². The Kier molecular flexibility index (Phi) is 68.4. The zero-order valence-electron chi connectivity index (χ0n) is 61.3. The van der Waals surface area contributed by atoms with Crippen molar-refractivity contribution in [1.29, 1.82) is 0 Å². The summed E-state index contributed by atoms with van der Waals surface area (Å²) in [6.45, 7) is 6.99. The number of allylic oxidation sites excluding steroid dienone is 15. The second-order valence-electron chi connectivity index (χ2n) is 27.5.